The number of hydrogen-bond donors (Lipinski definition) is 1. The van der Waals surface area contributed by atoms with Crippen molar-refractivity contribution in [1.29, 1.82) is 0 Å². The molecule has 0 aliphatic carbocycles. The summed E-state index contributed by atoms with van der Waals surface area (Å²) in [6.45, 7) is 3.78. The van der Waals surface area contributed by atoms with Gasteiger partial charge in [0.2, 0.25) is 0 Å². The number of ether oxygens (including phenoxy) is 2. The zero-order valence-electron chi connectivity index (χ0n) is 17.4. The summed E-state index contributed by atoms with van der Waals surface area (Å²) in [6.07, 6.45) is 1.03. The van der Waals surface area contributed by atoms with Crippen LogP contribution in [0.1, 0.15) is 22.7 Å². The number of halogens is 3. The molecule has 1 amide bonds. The molecule has 1 aromatic carbocycles. The van der Waals surface area contributed by atoms with Gasteiger partial charge in [0, 0.05) is 35.9 Å². The maximum absolute atomic E-state index is 14.0. The summed E-state index contributed by atoms with van der Waals surface area (Å²) in [5, 5.41) is 3.83. The van der Waals surface area contributed by atoms with Crippen molar-refractivity contribution in [2.75, 3.05) is 6.61 Å². The molecule has 0 aliphatic rings. The molecule has 2 aromatic heterocycles. The molecule has 0 saturated heterocycles. The van der Waals surface area contributed by atoms with E-state index >= 15 is 0 Å². The van der Waals surface area contributed by atoms with Crippen LogP contribution in [0.4, 0.5) is 13.6 Å². The highest BCUT2D eigenvalue weighted by Crippen LogP contribution is 2.29. The van der Waals surface area contributed by atoms with E-state index in [2.05, 4.69) is 22.5 Å². The number of thiophene rings is 1. The monoisotopic (exact) mass is 538 g/mol. The van der Waals surface area contributed by atoms with Crippen LogP contribution in [0.15, 0.2) is 63.0 Å². The van der Waals surface area contributed by atoms with Crippen LogP contribution >= 0.6 is 27.3 Å². The minimum Gasteiger partial charge on any atom is -0.487 e. The predicted molar refractivity (Wildman–Crippen MR) is 126 cm³/mol. The lowest BCUT2D eigenvalue weighted by atomic mass is 9.97. The number of benzene rings is 1. The van der Waals surface area contributed by atoms with Crippen LogP contribution in [0, 0.1) is 11.6 Å². The maximum Gasteiger partial charge on any atom is 0.404 e. The summed E-state index contributed by atoms with van der Waals surface area (Å²) in [5.41, 5.74) is 6.45. The van der Waals surface area contributed by atoms with E-state index in [1.807, 2.05) is 16.8 Å². The first-order valence-corrected chi connectivity index (χ1v) is 11.6. The van der Waals surface area contributed by atoms with Crippen molar-refractivity contribution in [2.45, 2.75) is 25.5 Å². The Morgan fingerprint density at radius 1 is 1.30 bits per heavy atom. The second-order valence-corrected chi connectivity index (χ2v) is 8.70. The van der Waals surface area contributed by atoms with Crippen molar-refractivity contribution in [1.82, 2.24) is 4.57 Å². The first kappa shape index (κ1) is 24.7. The third kappa shape index (κ3) is 6.29. The third-order valence-electron chi connectivity index (χ3n) is 4.90. The molecule has 0 spiro atoms. The standard InChI is InChI=1S/C23H21BrF2N2O4S/c1-2-6-28-18(8-16(12-32-23(27)30)15-5-7-33-13-15)10-20(21(24)22(28)29)31-11-14-3-4-17(25)9-19(14)26/h2-5,7,9-10,13,16H,1,6,8,11-12H2,(H2,27,30). The Hall–Kier alpha value is -2.98. The van der Waals surface area contributed by atoms with Crippen LogP contribution in [0.2, 0.25) is 0 Å². The van der Waals surface area contributed by atoms with E-state index in [4.69, 9.17) is 15.2 Å². The van der Waals surface area contributed by atoms with Gasteiger partial charge in [-0.25, -0.2) is 13.6 Å². The SMILES string of the molecule is C=CCn1c(CC(COC(N)=O)c2ccsc2)cc(OCc2ccc(F)cc2F)c(Br)c1=O. The highest BCUT2D eigenvalue weighted by Gasteiger charge is 2.21. The molecule has 3 aromatic rings. The molecular formula is C23H21BrF2N2O4S. The summed E-state index contributed by atoms with van der Waals surface area (Å²) < 4.78 is 39.6. The van der Waals surface area contributed by atoms with E-state index in [0.717, 1.165) is 17.7 Å². The minimum atomic E-state index is -0.889. The van der Waals surface area contributed by atoms with Crippen molar-refractivity contribution in [2.24, 2.45) is 5.73 Å². The number of pyridine rings is 1. The van der Waals surface area contributed by atoms with Gasteiger partial charge in [0.15, 0.2) is 0 Å². The van der Waals surface area contributed by atoms with Gasteiger partial charge in [-0.3, -0.25) is 4.79 Å². The van der Waals surface area contributed by atoms with Gasteiger partial charge in [-0.05, 0) is 56.9 Å². The number of hydrogen-bond acceptors (Lipinski definition) is 5. The number of amides is 1. The Bertz CT molecular complexity index is 1200. The summed E-state index contributed by atoms with van der Waals surface area (Å²) in [5.74, 6) is -1.49. The van der Waals surface area contributed by atoms with Crippen LogP contribution in [0.5, 0.6) is 5.75 Å². The summed E-state index contributed by atoms with van der Waals surface area (Å²) in [7, 11) is 0. The molecule has 10 heteroatoms. The largest absolute Gasteiger partial charge is 0.487 e. The number of nitrogens with zero attached hydrogens (tertiary/aromatic N) is 1. The average molecular weight is 539 g/mol. The lowest BCUT2D eigenvalue weighted by molar-refractivity contribution is 0.148. The van der Waals surface area contributed by atoms with E-state index in [1.54, 1.807) is 12.1 Å². The maximum atomic E-state index is 14.0. The van der Waals surface area contributed by atoms with Crippen LogP contribution in [0.3, 0.4) is 0 Å². The first-order chi connectivity index (χ1) is 15.8. The fraction of sp³-hybridized carbons (Fsp3) is 0.217. The average Bonchev–Trinajstić information content (AvgIpc) is 3.30. The van der Waals surface area contributed by atoms with E-state index in [0.29, 0.717) is 12.1 Å². The Balaban J connectivity index is 1.94. The molecule has 174 valence electrons. The molecule has 0 saturated carbocycles. The van der Waals surface area contributed by atoms with Gasteiger partial charge in [-0.1, -0.05) is 6.08 Å². The molecule has 33 heavy (non-hydrogen) atoms. The van der Waals surface area contributed by atoms with Crippen molar-refractivity contribution >= 4 is 33.4 Å². The van der Waals surface area contributed by atoms with Gasteiger partial charge in [-0.15, -0.1) is 6.58 Å². The van der Waals surface area contributed by atoms with Crippen molar-refractivity contribution in [3.63, 3.8) is 0 Å². The van der Waals surface area contributed by atoms with Crippen LogP contribution in [-0.4, -0.2) is 17.3 Å². The predicted octanol–water partition coefficient (Wildman–Crippen LogP) is 5.14. The molecule has 0 radical (unpaired) electrons. The van der Waals surface area contributed by atoms with Crippen LogP contribution < -0.4 is 16.0 Å². The fourth-order valence-electron chi connectivity index (χ4n) is 3.26. The Labute approximate surface area is 201 Å². The minimum absolute atomic E-state index is 0.0292. The molecule has 1 atom stereocenters. The molecule has 0 fully saturated rings. The smallest absolute Gasteiger partial charge is 0.404 e. The quantitative estimate of drug-likeness (QED) is 0.362. The number of aromatic nitrogens is 1. The molecule has 0 bridgehead atoms. The number of primary amides is 1. The van der Waals surface area contributed by atoms with Crippen molar-refractivity contribution in [3.8, 4) is 5.75 Å². The summed E-state index contributed by atoms with van der Waals surface area (Å²) in [4.78, 5) is 24.2. The Morgan fingerprint density at radius 2 is 2.09 bits per heavy atom. The topological polar surface area (TPSA) is 83.6 Å². The summed E-state index contributed by atoms with van der Waals surface area (Å²) >= 11 is 4.76. The fourth-order valence-corrected chi connectivity index (χ4v) is 4.45. The lowest BCUT2D eigenvalue weighted by Gasteiger charge is -2.20. The van der Waals surface area contributed by atoms with Crippen LogP contribution in [0.25, 0.3) is 0 Å². The lowest BCUT2D eigenvalue weighted by Crippen LogP contribution is -2.27. The molecule has 3 rings (SSSR count). The molecule has 2 N–H and O–H groups in total. The number of carbonyl (C=O) groups is 1. The normalized spacial score (nSPS) is 11.7. The number of allylic oxidation sites excluding steroid dienone is 1. The van der Waals surface area contributed by atoms with E-state index < -0.39 is 17.7 Å². The molecule has 1 unspecified atom stereocenters. The highest BCUT2D eigenvalue weighted by molar-refractivity contribution is 9.10. The molecular weight excluding hydrogens is 518 g/mol. The van der Waals surface area contributed by atoms with Crippen molar-refractivity contribution in [3.05, 3.63) is 97.0 Å². The zero-order valence-corrected chi connectivity index (χ0v) is 19.8. The van der Waals surface area contributed by atoms with Crippen LogP contribution in [-0.2, 0) is 24.3 Å². The van der Waals surface area contributed by atoms with E-state index in [9.17, 15) is 18.4 Å². The molecule has 2 heterocycles. The van der Waals surface area contributed by atoms with Gasteiger partial charge in [0.25, 0.3) is 5.56 Å². The van der Waals surface area contributed by atoms with Crippen molar-refractivity contribution < 1.29 is 23.0 Å². The van der Waals surface area contributed by atoms with E-state index in [-0.39, 0.29) is 47.0 Å². The Kier molecular flexibility index (Phi) is 8.40. The number of carbonyl (C=O) groups excluding carboxylic acids is 1. The second-order valence-electron chi connectivity index (χ2n) is 7.13. The molecule has 6 nitrogen and oxygen atoms in total. The highest BCUT2D eigenvalue weighted by atomic mass is 79.9. The molecule has 0 aliphatic heterocycles. The van der Waals surface area contributed by atoms with Gasteiger partial charge in [0.1, 0.15) is 35.1 Å². The van der Waals surface area contributed by atoms with Gasteiger partial charge >= 0.3 is 6.09 Å². The second kappa shape index (κ2) is 11.2. The zero-order chi connectivity index (χ0) is 24.0. The first-order valence-electron chi connectivity index (χ1n) is 9.84. The Morgan fingerprint density at radius 3 is 2.73 bits per heavy atom. The number of rotatable bonds is 10. The van der Waals surface area contributed by atoms with Gasteiger partial charge < -0.3 is 19.8 Å². The van der Waals surface area contributed by atoms with E-state index in [1.165, 1.54) is 22.0 Å². The van der Waals surface area contributed by atoms with Gasteiger partial charge in [0.05, 0.1) is 0 Å². The summed E-state index contributed by atoms with van der Waals surface area (Å²) in [6, 6.07) is 6.76. The van der Waals surface area contributed by atoms with Gasteiger partial charge in [-0.2, -0.15) is 11.3 Å². The number of nitrogens with two attached hydrogens (primary N) is 1. The third-order valence-corrected chi connectivity index (χ3v) is 6.33.